The summed E-state index contributed by atoms with van der Waals surface area (Å²) in [6.45, 7) is 9.12. The van der Waals surface area contributed by atoms with Crippen LogP contribution < -0.4 is 10.2 Å². The summed E-state index contributed by atoms with van der Waals surface area (Å²) in [6, 6.07) is 5.35. The van der Waals surface area contributed by atoms with Gasteiger partial charge in [0, 0.05) is 37.1 Å². The van der Waals surface area contributed by atoms with E-state index < -0.39 is 9.84 Å². The number of sulfone groups is 1. The molecule has 2 amide bonds. The topological polar surface area (TPSA) is 79.0 Å². The molecule has 1 atom stereocenters. The Bertz CT molecular complexity index is 803. The largest absolute Gasteiger partial charge is 0.378 e. The maximum atomic E-state index is 12.8. The van der Waals surface area contributed by atoms with E-state index in [4.69, 9.17) is 4.74 Å². The zero-order chi connectivity index (χ0) is 19.4. The zero-order valence-corrected chi connectivity index (χ0v) is 16.5. The first kappa shape index (κ1) is 19.7. The third-order valence-corrected chi connectivity index (χ3v) is 6.81. The van der Waals surface area contributed by atoms with Gasteiger partial charge in [0.2, 0.25) is 0 Å². The molecule has 1 aromatic carbocycles. The van der Waals surface area contributed by atoms with Crippen LogP contribution in [0.5, 0.6) is 0 Å². The Morgan fingerprint density at radius 1 is 1.41 bits per heavy atom. The molecular formula is C19H27N3O4S. The van der Waals surface area contributed by atoms with Gasteiger partial charge in [0.1, 0.15) is 0 Å². The van der Waals surface area contributed by atoms with Crippen LogP contribution in [0.15, 0.2) is 30.9 Å². The number of anilines is 2. The quantitative estimate of drug-likeness (QED) is 0.775. The standard InChI is InChI=1S/C19H27N3O4S/c1-3-7-22(17-6-12-27(24,25)14-17)19(23)20-18-5-4-16(13-15(18)2)21-8-10-26-11-9-21/h3-5,13,17H,1,6-12,14H2,2H3,(H,20,23)/t17-/m0/s1. The predicted octanol–water partition coefficient (Wildman–Crippen LogP) is 2.04. The van der Waals surface area contributed by atoms with Gasteiger partial charge in [-0.2, -0.15) is 0 Å². The lowest BCUT2D eigenvalue weighted by Crippen LogP contribution is -2.43. The van der Waals surface area contributed by atoms with Crippen LogP contribution in [-0.2, 0) is 14.6 Å². The van der Waals surface area contributed by atoms with E-state index in [1.54, 1.807) is 11.0 Å². The molecule has 2 aliphatic heterocycles. The number of hydrogen-bond donors (Lipinski definition) is 1. The Morgan fingerprint density at radius 2 is 2.15 bits per heavy atom. The van der Waals surface area contributed by atoms with Crippen LogP contribution in [0.2, 0.25) is 0 Å². The van der Waals surface area contributed by atoms with Crippen molar-refractivity contribution in [3.05, 3.63) is 36.4 Å². The molecule has 1 aromatic rings. The highest BCUT2D eigenvalue weighted by Crippen LogP contribution is 2.25. The average Bonchev–Trinajstić information content (AvgIpc) is 3.01. The van der Waals surface area contributed by atoms with Gasteiger partial charge in [0.25, 0.3) is 0 Å². The van der Waals surface area contributed by atoms with Gasteiger partial charge in [0.05, 0.1) is 24.7 Å². The van der Waals surface area contributed by atoms with Crippen LogP contribution in [0.4, 0.5) is 16.2 Å². The number of hydrogen-bond acceptors (Lipinski definition) is 5. The van der Waals surface area contributed by atoms with Crippen LogP contribution in [0.1, 0.15) is 12.0 Å². The second-order valence-corrected chi connectivity index (χ2v) is 9.26. The molecule has 1 N–H and O–H groups in total. The first-order valence-electron chi connectivity index (χ1n) is 9.22. The molecule has 2 heterocycles. The summed E-state index contributed by atoms with van der Waals surface area (Å²) >= 11 is 0. The van der Waals surface area contributed by atoms with E-state index in [2.05, 4.69) is 22.9 Å². The molecule has 7 nitrogen and oxygen atoms in total. The Labute approximate surface area is 160 Å². The highest BCUT2D eigenvalue weighted by Gasteiger charge is 2.34. The third-order valence-electron chi connectivity index (χ3n) is 5.06. The lowest BCUT2D eigenvalue weighted by Gasteiger charge is -2.30. The molecule has 0 aromatic heterocycles. The molecule has 3 rings (SSSR count). The molecule has 0 unspecified atom stereocenters. The number of nitrogens with one attached hydrogen (secondary N) is 1. The normalized spacial score (nSPS) is 21.7. The van der Waals surface area contributed by atoms with Gasteiger partial charge in [-0.05, 0) is 37.1 Å². The fraction of sp³-hybridized carbons (Fsp3) is 0.526. The molecule has 0 saturated carbocycles. The summed E-state index contributed by atoms with van der Waals surface area (Å²) in [5.74, 6) is 0.148. The van der Waals surface area contributed by atoms with Crippen LogP contribution in [0, 0.1) is 6.92 Å². The molecule has 8 heteroatoms. The van der Waals surface area contributed by atoms with Crippen molar-refractivity contribution in [3.8, 4) is 0 Å². The van der Waals surface area contributed by atoms with Crippen molar-refractivity contribution in [2.24, 2.45) is 0 Å². The van der Waals surface area contributed by atoms with E-state index in [9.17, 15) is 13.2 Å². The van der Waals surface area contributed by atoms with Gasteiger partial charge in [-0.15, -0.1) is 6.58 Å². The summed E-state index contributed by atoms with van der Waals surface area (Å²) in [7, 11) is -3.06. The van der Waals surface area contributed by atoms with Crippen molar-refractivity contribution in [3.63, 3.8) is 0 Å². The van der Waals surface area contributed by atoms with Crippen molar-refractivity contribution in [2.45, 2.75) is 19.4 Å². The minimum atomic E-state index is -3.06. The molecule has 0 spiro atoms. The van der Waals surface area contributed by atoms with Crippen molar-refractivity contribution >= 4 is 27.2 Å². The second-order valence-electron chi connectivity index (χ2n) is 7.03. The molecule has 0 aliphatic carbocycles. The number of urea groups is 1. The number of carbonyl (C=O) groups is 1. The number of morpholine rings is 1. The van der Waals surface area contributed by atoms with E-state index >= 15 is 0 Å². The van der Waals surface area contributed by atoms with E-state index in [1.165, 1.54) is 0 Å². The van der Waals surface area contributed by atoms with Crippen LogP contribution in [0.3, 0.4) is 0 Å². The molecular weight excluding hydrogens is 366 g/mol. The molecule has 2 fully saturated rings. The number of ether oxygens (including phenoxy) is 1. The monoisotopic (exact) mass is 393 g/mol. The predicted molar refractivity (Wildman–Crippen MR) is 107 cm³/mol. The number of benzene rings is 1. The lowest BCUT2D eigenvalue weighted by molar-refractivity contribution is 0.122. The van der Waals surface area contributed by atoms with Gasteiger partial charge in [-0.3, -0.25) is 0 Å². The van der Waals surface area contributed by atoms with Crippen molar-refractivity contribution in [2.75, 3.05) is 54.6 Å². The van der Waals surface area contributed by atoms with E-state index in [0.717, 1.165) is 43.2 Å². The Kier molecular flexibility index (Phi) is 6.06. The summed E-state index contributed by atoms with van der Waals surface area (Å²) in [6.07, 6.45) is 2.09. The molecule has 148 valence electrons. The highest BCUT2D eigenvalue weighted by atomic mass is 32.2. The van der Waals surface area contributed by atoms with Crippen LogP contribution >= 0.6 is 0 Å². The number of nitrogens with zero attached hydrogens (tertiary/aromatic N) is 2. The summed E-state index contributed by atoms with van der Waals surface area (Å²) in [4.78, 5) is 16.6. The Balaban J connectivity index is 1.70. The minimum Gasteiger partial charge on any atom is -0.378 e. The average molecular weight is 394 g/mol. The van der Waals surface area contributed by atoms with Crippen LogP contribution in [0.25, 0.3) is 0 Å². The number of aryl methyl sites for hydroxylation is 1. The fourth-order valence-corrected chi connectivity index (χ4v) is 5.28. The van der Waals surface area contributed by atoms with Gasteiger partial charge in [-0.25, -0.2) is 13.2 Å². The van der Waals surface area contributed by atoms with Gasteiger partial charge >= 0.3 is 6.03 Å². The minimum absolute atomic E-state index is 0.0171. The molecule has 2 aliphatic rings. The third kappa shape index (κ3) is 4.81. The second kappa shape index (κ2) is 8.31. The maximum absolute atomic E-state index is 12.8. The summed E-state index contributed by atoms with van der Waals surface area (Å²) in [5.41, 5.74) is 2.80. The summed E-state index contributed by atoms with van der Waals surface area (Å²) < 4.78 is 28.9. The molecule has 0 bridgehead atoms. The van der Waals surface area contributed by atoms with E-state index in [-0.39, 0.29) is 23.6 Å². The Hall–Kier alpha value is -2.06. The highest BCUT2D eigenvalue weighted by molar-refractivity contribution is 7.91. The zero-order valence-electron chi connectivity index (χ0n) is 15.7. The smallest absolute Gasteiger partial charge is 0.322 e. The van der Waals surface area contributed by atoms with Gasteiger partial charge in [0.15, 0.2) is 9.84 Å². The number of amides is 2. The van der Waals surface area contributed by atoms with E-state index in [1.807, 2.05) is 19.1 Å². The first-order chi connectivity index (χ1) is 12.9. The van der Waals surface area contributed by atoms with E-state index in [0.29, 0.717) is 13.0 Å². The van der Waals surface area contributed by atoms with Gasteiger partial charge < -0.3 is 19.9 Å². The number of rotatable bonds is 5. The lowest BCUT2D eigenvalue weighted by atomic mass is 10.1. The maximum Gasteiger partial charge on any atom is 0.322 e. The summed E-state index contributed by atoms with van der Waals surface area (Å²) in [5, 5.41) is 2.93. The fourth-order valence-electron chi connectivity index (χ4n) is 3.55. The van der Waals surface area contributed by atoms with Crippen molar-refractivity contribution < 1.29 is 17.9 Å². The van der Waals surface area contributed by atoms with Crippen molar-refractivity contribution in [1.29, 1.82) is 0 Å². The van der Waals surface area contributed by atoms with Crippen LogP contribution in [-0.4, -0.2) is 69.7 Å². The molecule has 27 heavy (non-hydrogen) atoms. The Morgan fingerprint density at radius 3 is 2.74 bits per heavy atom. The van der Waals surface area contributed by atoms with Crippen molar-refractivity contribution in [1.82, 2.24) is 4.90 Å². The molecule has 2 saturated heterocycles. The number of carbonyl (C=O) groups excluding carboxylic acids is 1. The molecule has 0 radical (unpaired) electrons. The first-order valence-corrected chi connectivity index (χ1v) is 11.0. The van der Waals surface area contributed by atoms with Gasteiger partial charge in [-0.1, -0.05) is 6.08 Å². The SMILES string of the molecule is C=CCN(C(=O)Nc1ccc(N2CCOCC2)cc1C)[C@H]1CCS(=O)(=O)C1.